The third-order valence-electron chi connectivity index (χ3n) is 5.01. The molecule has 0 aliphatic rings. The molecule has 0 spiro atoms. The van der Waals surface area contributed by atoms with Crippen LogP contribution in [0.15, 0.2) is 82.0 Å². The van der Waals surface area contributed by atoms with E-state index < -0.39 is 23.7 Å². The van der Waals surface area contributed by atoms with Crippen molar-refractivity contribution in [1.82, 2.24) is 5.32 Å². The van der Waals surface area contributed by atoms with Crippen molar-refractivity contribution in [3.8, 4) is 5.75 Å². The van der Waals surface area contributed by atoms with Gasteiger partial charge in [-0.15, -0.1) is 0 Å². The number of esters is 1. The predicted octanol–water partition coefficient (Wildman–Crippen LogP) is 4.56. The molecular formula is C25H21NO6. The van der Waals surface area contributed by atoms with Crippen molar-refractivity contribution in [2.24, 2.45) is 0 Å². The smallest absolute Gasteiger partial charge is 0.408 e. The number of rotatable bonds is 6. The number of alkyl carbamates (subject to hydrolysis) is 1. The summed E-state index contributed by atoms with van der Waals surface area (Å²) in [6.45, 7) is 1.84. The zero-order chi connectivity index (χ0) is 22.5. The maximum Gasteiger partial charge on any atom is 0.408 e. The summed E-state index contributed by atoms with van der Waals surface area (Å²) in [6, 6.07) is 20.3. The van der Waals surface area contributed by atoms with E-state index in [-0.39, 0.29) is 12.4 Å². The number of ether oxygens (including phenoxy) is 2. The average molecular weight is 431 g/mol. The molecule has 0 bridgehead atoms. The third kappa shape index (κ3) is 4.62. The van der Waals surface area contributed by atoms with E-state index >= 15 is 0 Å². The van der Waals surface area contributed by atoms with Gasteiger partial charge in [0, 0.05) is 11.5 Å². The molecule has 32 heavy (non-hydrogen) atoms. The van der Waals surface area contributed by atoms with E-state index in [1.165, 1.54) is 6.07 Å². The Morgan fingerprint density at radius 3 is 2.41 bits per heavy atom. The minimum absolute atomic E-state index is 0.0931. The molecule has 1 atom stereocenters. The fourth-order valence-electron chi connectivity index (χ4n) is 3.35. The number of fused-ring (bicyclic) bond motifs is 3. The van der Waals surface area contributed by atoms with E-state index in [9.17, 15) is 14.4 Å². The number of benzene rings is 3. The van der Waals surface area contributed by atoms with Crippen LogP contribution in [0.2, 0.25) is 0 Å². The summed E-state index contributed by atoms with van der Waals surface area (Å²) >= 11 is 0. The van der Waals surface area contributed by atoms with Gasteiger partial charge in [-0.3, -0.25) is 0 Å². The molecular weight excluding hydrogens is 410 g/mol. The molecule has 1 heterocycles. The lowest BCUT2D eigenvalue weighted by atomic mass is 10.1. The molecule has 1 aromatic heterocycles. The minimum atomic E-state index is -0.891. The Bertz CT molecular complexity index is 1330. The Morgan fingerprint density at radius 2 is 1.66 bits per heavy atom. The Balaban J connectivity index is 1.45. The van der Waals surface area contributed by atoms with Gasteiger partial charge in [0.25, 0.3) is 0 Å². The van der Waals surface area contributed by atoms with Gasteiger partial charge >= 0.3 is 17.7 Å². The van der Waals surface area contributed by atoms with E-state index in [2.05, 4.69) is 5.32 Å². The van der Waals surface area contributed by atoms with E-state index in [1.807, 2.05) is 42.5 Å². The maximum absolute atomic E-state index is 12.6. The molecule has 0 aliphatic heterocycles. The van der Waals surface area contributed by atoms with Gasteiger partial charge in [0.2, 0.25) is 0 Å². The number of carbonyl (C=O) groups is 2. The first-order valence-electron chi connectivity index (χ1n) is 10.2. The molecule has 1 amide bonds. The van der Waals surface area contributed by atoms with Crippen molar-refractivity contribution in [3.63, 3.8) is 0 Å². The molecule has 3 aromatic carbocycles. The van der Waals surface area contributed by atoms with Gasteiger partial charge in [-0.2, -0.15) is 0 Å². The van der Waals surface area contributed by atoms with Crippen molar-refractivity contribution in [2.45, 2.75) is 26.0 Å². The standard InChI is InChI=1S/C25H21NO6/c1-2-21(26-25(29)30-15-16-8-4-3-5-9-16)24(28)31-17-12-13-19-18-10-6-7-11-20(18)23(27)32-22(19)14-17/h3-14,21H,2,15H2,1H3,(H,26,29)/t21-/m0/s1. The van der Waals surface area contributed by atoms with Gasteiger partial charge in [-0.05, 0) is 35.6 Å². The Labute approximate surface area is 183 Å². The number of nitrogens with one attached hydrogen (secondary N) is 1. The number of hydrogen-bond acceptors (Lipinski definition) is 6. The summed E-state index contributed by atoms with van der Waals surface area (Å²) in [4.78, 5) is 36.9. The van der Waals surface area contributed by atoms with Crippen LogP contribution in [0.25, 0.3) is 21.7 Å². The second-order valence-electron chi connectivity index (χ2n) is 7.18. The van der Waals surface area contributed by atoms with Gasteiger partial charge in [-0.1, -0.05) is 55.5 Å². The first-order valence-corrected chi connectivity index (χ1v) is 10.2. The SMILES string of the molecule is CC[C@H](NC(=O)OCc1ccccc1)C(=O)Oc1ccc2c(c1)oc(=O)c1ccccc12. The second kappa shape index (κ2) is 9.34. The van der Waals surface area contributed by atoms with Gasteiger partial charge in [0.1, 0.15) is 24.0 Å². The molecule has 0 aliphatic carbocycles. The average Bonchev–Trinajstić information content (AvgIpc) is 2.82. The molecule has 0 saturated heterocycles. The molecule has 4 rings (SSSR count). The monoisotopic (exact) mass is 431 g/mol. The normalized spacial score (nSPS) is 11.8. The summed E-state index contributed by atoms with van der Waals surface area (Å²) in [5.74, 6) is -0.439. The topological polar surface area (TPSA) is 94.8 Å². The Morgan fingerprint density at radius 1 is 0.938 bits per heavy atom. The molecule has 0 saturated carbocycles. The van der Waals surface area contributed by atoms with Gasteiger partial charge in [-0.25, -0.2) is 14.4 Å². The van der Waals surface area contributed by atoms with Crippen LogP contribution in [0.5, 0.6) is 5.75 Å². The van der Waals surface area contributed by atoms with Crippen molar-refractivity contribution in [1.29, 1.82) is 0 Å². The zero-order valence-corrected chi connectivity index (χ0v) is 17.4. The summed E-state index contributed by atoms with van der Waals surface area (Å²) < 4.78 is 16.0. The number of amides is 1. The van der Waals surface area contributed by atoms with Crippen LogP contribution in [0.4, 0.5) is 4.79 Å². The van der Waals surface area contributed by atoms with Crippen LogP contribution in [0.3, 0.4) is 0 Å². The highest BCUT2D eigenvalue weighted by molar-refractivity contribution is 6.04. The van der Waals surface area contributed by atoms with Crippen molar-refractivity contribution < 1.29 is 23.5 Å². The molecule has 1 N–H and O–H groups in total. The quantitative estimate of drug-likeness (QED) is 0.208. The molecule has 162 valence electrons. The first kappa shape index (κ1) is 21.1. The summed E-state index contributed by atoms with van der Waals surface area (Å²) in [5.41, 5.74) is 0.677. The fourth-order valence-corrected chi connectivity index (χ4v) is 3.35. The van der Waals surface area contributed by atoms with Crippen LogP contribution in [0, 0.1) is 0 Å². The largest absolute Gasteiger partial charge is 0.445 e. The summed E-state index contributed by atoms with van der Waals surface area (Å²) in [6.07, 6.45) is -0.402. The van der Waals surface area contributed by atoms with Crippen LogP contribution < -0.4 is 15.7 Å². The third-order valence-corrected chi connectivity index (χ3v) is 5.01. The molecule has 0 unspecified atom stereocenters. The lowest BCUT2D eigenvalue weighted by molar-refractivity contribution is -0.136. The van der Waals surface area contributed by atoms with Crippen LogP contribution in [0.1, 0.15) is 18.9 Å². The van der Waals surface area contributed by atoms with E-state index in [4.69, 9.17) is 13.9 Å². The van der Waals surface area contributed by atoms with E-state index in [1.54, 1.807) is 31.2 Å². The van der Waals surface area contributed by atoms with Crippen molar-refractivity contribution in [2.75, 3.05) is 0 Å². The molecule has 4 aromatic rings. The van der Waals surface area contributed by atoms with Crippen LogP contribution >= 0.6 is 0 Å². The van der Waals surface area contributed by atoms with Crippen molar-refractivity contribution in [3.05, 3.63) is 88.8 Å². The number of carbonyl (C=O) groups excluding carboxylic acids is 2. The lowest BCUT2D eigenvalue weighted by Crippen LogP contribution is -2.42. The fraction of sp³-hybridized carbons (Fsp3) is 0.160. The van der Waals surface area contributed by atoms with Gasteiger partial charge < -0.3 is 19.2 Å². The lowest BCUT2D eigenvalue weighted by Gasteiger charge is -2.16. The second-order valence-corrected chi connectivity index (χ2v) is 7.18. The van der Waals surface area contributed by atoms with Gasteiger partial charge in [0.05, 0.1) is 5.39 Å². The molecule has 7 nitrogen and oxygen atoms in total. The summed E-state index contributed by atoms with van der Waals surface area (Å²) in [5, 5.41) is 4.49. The van der Waals surface area contributed by atoms with Gasteiger partial charge in [0.15, 0.2) is 0 Å². The first-order chi connectivity index (χ1) is 15.5. The highest BCUT2D eigenvalue weighted by Crippen LogP contribution is 2.26. The minimum Gasteiger partial charge on any atom is -0.445 e. The Hall–Kier alpha value is -4.13. The molecule has 0 fully saturated rings. The van der Waals surface area contributed by atoms with Crippen molar-refractivity contribution >= 4 is 33.8 Å². The number of hydrogen-bond donors (Lipinski definition) is 1. The van der Waals surface area contributed by atoms with Crippen LogP contribution in [-0.2, 0) is 16.1 Å². The maximum atomic E-state index is 12.6. The van der Waals surface area contributed by atoms with Crippen LogP contribution in [-0.4, -0.2) is 18.1 Å². The Kier molecular flexibility index (Phi) is 6.17. The summed E-state index contributed by atoms with van der Waals surface area (Å²) in [7, 11) is 0. The zero-order valence-electron chi connectivity index (χ0n) is 17.4. The molecule has 7 heteroatoms. The predicted molar refractivity (Wildman–Crippen MR) is 119 cm³/mol. The highest BCUT2D eigenvalue weighted by Gasteiger charge is 2.22. The highest BCUT2D eigenvalue weighted by atomic mass is 16.6. The molecule has 0 radical (unpaired) electrons. The van der Waals surface area contributed by atoms with E-state index in [0.717, 1.165) is 16.3 Å². The van der Waals surface area contributed by atoms with E-state index in [0.29, 0.717) is 17.4 Å².